The van der Waals surface area contributed by atoms with Gasteiger partial charge in [0.25, 0.3) is 5.91 Å². The smallest absolute Gasteiger partial charge is 0.349 e. The lowest BCUT2D eigenvalue weighted by molar-refractivity contribution is 0.0795. The maximum absolute atomic E-state index is 12.6. The van der Waals surface area contributed by atoms with Crippen molar-refractivity contribution in [3.05, 3.63) is 69.4 Å². The van der Waals surface area contributed by atoms with Crippen LogP contribution < -0.4 is 10.9 Å². The summed E-state index contributed by atoms with van der Waals surface area (Å²) in [6.45, 7) is 3.57. The molecule has 0 radical (unpaired) electrons. The highest BCUT2D eigenvalue weighted by atomic mass is 16.5. The topological polar surface area (TPSA) is 84.3 Å². The van der Waals surface area contributed by atoms with Crippen LogP contribution in [0.2, 0.25) is 0 Å². The van der Waals surface area contributed by atoms with Crippen molar-refractivity contribution < 1.29 is 13.9 Å². The molecule has 1 aliphatic heterocycles. The van der Waals surface area contributed by atoms with E-state index in [0.717, 1.165) is 29.3 Å². The van der Waals surface area contributed by atoms with Crippen molar-refractivity contribution in [3.8, 4) is 0 Å². The minimum absolute atomic E-state index is 0.0923. The van der Waals surface area contributed by atoms with Gasteiger partial charge < -0.3 is 19.5 Å². The van der Waals surface area contributed by atoms with E-state index >= 15 is 0 Å². The predicted octanol–water partition coefficient (Wildman–Crippen LogP) is 3.30. The summed E-state index contributed by atoms with van der Waals surface area (Å²) in [7, 11) is 0. The second-order valence-corrected chi connectivity index (χ2v) is 7.25. The Morgan fingerprint density at radius 3 is 2.82 bits per heavy atom. The fraction of sp³-hybridized carbons (Fsp3) is 0.364. The molecule has 6 nitrogen and oxygen atoms in total. The number of fused-ring (bicyclic) bond motifs is 1. The minimum Gasteiger partial charge on any atom is -0.427 e. The number of aromatic amines is 1. The average Bonchev–Trinajstić information content (AvgIpc) is 3.11. The Morgan fingerprint density at radius 1 is 1.25 bits per heavy atom. The third kappa shape index (κ3) is 3.73. The second-order valence-electron chi connectivity index (χ2n) is 7.25. The summed E-state index contributed by atoms with van der Waals surface area (Å²) in [5.74, 6) is 0.449. The molecule has 0 spiro atoms. The molecule has 0 aliphatic carbocycles. The van der Waals surface area contributed by atoms with Gasteiger partial charge in [0.1, 0.15) is 11.3 Å². The Bertz CT molecular complexity index is 1040. The Balaban J connectivity index is 1.43. The first-order valence-electron chi connectivity index (χ1n) is 9.69. The molecule has 4 rings (SSSR count). The number of hydrogen-bond donors (Lipinski definition) is 2. The van der Waals surface area contributed by atoms with E-state index in [1.807, 2.05) is 30.5 Å². The van der Waals surface area contributed by atoms with Crippen LogP contribution in [-0.4, -0.2) is 30.6 Å². The fourth-order valence-electron chi connectivity index (χ4n) is 3.83. The van der Waals surface area contributed by atoms with Crippen LogP contribution in [0.3, 0.4) is 0 Å². The molecule has 1 saturated heterocycles. The summed E-state index contributed by atoms with van der Waals surface area (Å²) < 4.78 is 10.8. The number of amides is 1. The number of ether oxygens (including phenoxy) is 1. The van der Waals surface area contributed by atoms with Gasteiger partial charge in [0.05, 0.1) is 0 Å². The first-order chi connectivity index (χ1) is 13.6. The predicted molar refractivity (Wildman–Crippen MR) is 107 cm³/mol. The fourth-order valence-corrected chi connectivity index (χ4v) is 3.83. The van der Waals surface area contributed by atoms with Crippen molar-refractivity contribution in [2.24, 2.45) is 0 Å². The van der Waals surface area contributed by atoms with E-state index in [-0.39, 0.29) is 17.4 Å². The van der Waals surface area contributed by atoms with Crippen molar-refractivity contribution in [1.82, 2.24) is 10.3 Å². The van der Waals surface area contributed by atoms with Gasteiger partial charge in [0, 0.05) is 42.8 Å². The lowest BCUT2D eigenvalue weighted by Crippen LogP contribution is -2.31. The zero-order valence-electron chi connectivity index (χ0n) is 15.9. The molecule has 0 saturated carbocycles. The number of aromatic nitrogens is 1. The van der Waals surface area contributed by atoms with E-state index in [1.54, 1.807) is 6.92 Å². The van der Waals surface area contributed by atoms with Gasteiger partial charge in [-0.1, -0.05) is 18.2 Å². The monoisotopic (exact) mass is 380 g/mol. The number of hydrogen-bond acceptors (Lipinski definition) is 4. The quantitative estimate of drug-likeness (QED) is 0.711. The maximum atomic E-state index is 12.6. The van der Waals surface area contributed by atoms with Crippen LogP contribution in [0.15, 0.2) is 45.7 Å². The highest BCUT2D eigenvalue weighted by Crippen LogP contribution is 2.27. The SMILES string of the molecule is Cc1cc(C2CCOCC2)oc(=O)c1C(=O)NCCc1c[nH]c2ccccc12. The molecule has 0 bridgehead atoms. The molecule has 0 atom stereocenters. The van der Waals surface area contributed by atoms with Crippen molar-refractivity contribution in [1.29, 1.82) is 0 Å². The number of aryl methyl sites for hydroxylation is 1. The molecule has 2 N–H and O–H groups in total. The number of carbonyl (C=O) groups excluding carboxylic acids is 1. The lowest BCUT2D eigenvalue weighted by Gasteiger charge is -2.21. The van der Waals surface area contributed by atoms with Gasteiger partial charge in [0.2, 0.25) is 0 Å². The number of H-pyrrole nitrogens is 1. The Hall–Kier alpha value is -2.86. The van der Waals surface area contributed by atoms with Gasteiger partial charge >= 0.3 is 5.63 Å². The molecule has 1 aromatic carbocycles. The molecule has 1 amide bonds. The van der Waals surface area contributed by atoms with E-state index < -0.39 is 5.63 Å². The molecule has 3 heterocycles. The van der Waals surface area contributed by atoms with E-state index in [2.05, 4.69) is 16.4 Å². The van der Waals surface area contributed by atoms with Crippen molar-refractivity contribution in [2.75, 3.05) is 19.8 Å². The molecule has 1 aliphatic rings. The van der Waals surface area contributed by atoms with Crippen LogP contribution >= 0.6 is 0 Å². The Kier molecular flexibility index (Phi) is 5.30. The van der Waals surface area contributed by atoms with Crippen LogP contribution in [0.1, 0.15) is 46.0 Å². The molecule has 28 heavy (non-hydrogen) atoms. The molecule has 2 aromatic heterocycles. The van der Waals surface area contributed by atoms with Gasteiger partial charge in [-0.25, -0.2) is 4.79 Å². The van der Waals surface area contributed by atoms with Gasteiger partial charge in [-0.05, 0) is 49.4 Å². The zero-order valence-corrected chi connectivity index (χ0v) is 15.9. The Morgan fingerprint density at radius 2 is 2.04 bits per heavy atom. The van der Waals surface area contributed by atoms with Crippen LogP contribution in [0.25, 0.3) is 10.9 Å². The summed E-state index contributed by atoms with van der Waals surface area (Å²) >= 11 is 0. The number of carbonyl (C=O) groups is 1. The largest absolute Gasteiger partial charge is 0.427 e. The first kappa shape index (κ1) is 18.5. The minimum atomic E-state index is -0.564. The molecule has 3 aromatic rings. The van der Waals surface area contributed by atoms with Crippen molar-refractivity contribution in [2.45, 2.75) is 32.1 Å². The van der Waals surface area contributed by atoms with Crippen LogP contribution in [-0.2, 0) is 11.2 Å². The van der Waals surface area contributed by atoms with Crippen molar-refractivity contribution in [3.63, 3.8) is 0 Å². The van der Waals surface area contributed by atoms with Gasteiger partial charge in [0.15, 0.2) is 0 Å². The summed E-state index contributed by atoms with van der Waals surface area (Å²) in [4.78, 5) is 28.2. The zero-order chi connectivity index (χ0) is 19.5. The normalized spacial score (nSPS) is 15.0. The summed E-state index contributed by atoms with van der Waals surface area (Å²) in [5.41, 5.74) is 2.39. The van der Waals surface area contributed by atoms with Gasteiger partial charge in [-0.3, -0.25) is 4.79 Å². The summed E-state index contributed by atoms with van der Waals surface area (Å²) in [6.07, 6.45) is 4.30. The molecule has 146 valence electrons. The van der Waals surface area contributed by atoms with Gasteiger partial charge in [-0.15, -0.1) is 0 Å². The van der Waals surface area contributed by atoms with E-state index in [1.165, 1.54) is 0 Å². The number of nitrogens with one attached hydrogen (secondary N) is 2. The van der Waals surface area contributed by atoms with E-state index in [0.29, 0.717) is 37.5 Å². The van der Waals surface area contributed by atoms with E-state index in [9.17, 15) is 9.59 Å². The standard InChI is InChI=1S/C22H24N2O4/c1-14-12-19(15-7-10-27-11-8-15)28-22(26)20(14)21(25)23-9-6-16-13-24-18-5-3-2-4-17(16)18/h2-5,12-13,15,24H,6-11H2,1H3,(H,23,25). The third-order valence-electron chi connectivity index (χ3n) is 5.37. The third-order valence-corrected chi connectivity index (χ3v) is 5.37. The molecular formula is C22H24N2O4. The van der Waals surface area contributed by atoms with Crippen molar-refractivity contribution >= 4 is 16.8 Å². The highest BCUT2D eigenvalue weighted by Gasteiger charge is 2.22. The van der Waals surface area contributed by atoms with Gasteiger partial charge in [-0.2, -0.15) is 0 Å². The first-order valence-corrected chi connectivity index (χ1v) is 9.69. The lowest BCUT2D eigenvalue weighted by atomic mass is 9.95. The average molecular weight is 380 g/mol. The van der Waals surface area contributed by atoms with Crippen LogP contribution in [0.4, 0.5) is 0 Å². The Labute approximate surface area is 162 Å². The number of benzene rings is 1. The number of para-hydroxylation sites is 1. The molecular weight excluding hydrogens is 356 g/mol. The summed E-state index contributed by atoms with van der Waals surface area (Å²) in [5, 5.41) is 4.00. The maximum Gasteiger partial charge on any atom is 0.349 e. The second kappa shape index (κ2) is 8.02. The molecule has 6 heteroatoms. The van der Waals surface area contributed by atoms with Crippen LogP contribution in [0.5, 0.6) is 0 Å². The number of rotatable bonds is 5. The highest BCUT2D eigenvalue weighted by molar-refractivity contribution is 5.95. The van der Waals surface area contributed by atoms with Crippen LogP contribution in [0, 0.1) is 6.92 Å². The summed E-state index contributed by atoms with van der Waals surface area (Å²) in [6, 6.07) is 9.87. The van der Waals surface area contributed by atoms with E-state index in [4.69, 9.17) is 9.15 Å². The molecule has 0 unspecified atom stereocenters. The molecule has 1 fully saturated rings.